The number of piperidine rings is 1. The lowest BCUT2D eigenvalue weighted by molar-refractivity contribution is 0.478. The highest BCUT2D eigenvalue weighted by molar-refractivity contribution is 5.26. The second-order valence-electron chi connectivity index (χ2n) is 3.81. The molecule has 0 amide bonds. The van der Waals surface area contributed by atoms with E-state index < -0.39 is 0 Å². The maximum Gasteiger partial charge on any atom is 0.222 e. The molecular formula is C10H17N5. The van der Waals surface area contributed by atoms with Crippen LogP contribution in [0.4, 0.5) is 5.95 Å². The minimum Gasteiger partial charge on any atom is -0.350 e. The molecule has 0 aliphatic carbocycles. The molecule has 15 heavy (non-hydrogen) atoms. The van der Waals surface area contributed by atoms with Gasteiger partial charge in [0.25, 0.3) is 0 Å². The Bertz CT molecular complexity index is 291. The Hall–Kier alpha value is -1.20. The van der Waals surface area contributed by atoms with Gasteiger partial charge in [-0.3, -0.25) is 0 Å². The van der Waals surface area contributed by atoms with E-state index in [1.165, 1.54) is 12.8 Å². The first-order valence-corrected chi connectivity index (χ1v) is 5.37. The van der Waals surface area contributed by atoms with Crippen molar-refractivity contribution >= 4 is 5.95 Å². The molecule has 0 spiro atoms. The Labute approximate surface area is 89.5 Å². The molecule has 1 fully saturated rings. The number of rotatable bonds is 3. The van der Waals surface area contributed by atoms with E-state index in [9.17, 15) is 0 Å². The number of nitrogens with zero attached hydrogens (tertiary/aromatic N) is 2. The first-order chi connectivity index (χ1) is 7.38. The molecule has 5 nitrogen and oxygen atoms in total. The lowest BCUT2D eigenvalue weighted by Crippen LogP contribution is -2.38. The van der Waals surface area contributed by atoms with Crippen LogP contribution in [0.3, 0.4) is 0 Å². The number of hydrogen-bond acceptors (Lipinski definition) is 5. The lowest BCUT2D eigenvalue weighted by Gasteiger charge is -2.23. The van der Waals surface area contributed by atoms with Gasteiger partial charge in [-0.05, 0) is 19.4 Å². The van der Waals surface area contributed by atoms with Crippen LogP contribution in [0.1, 0.15) is 18.4 Å². The van der Waals surface area contributed by atoms with Crippen LogP contribution in [0, 0.1) is 0 Å². The fourth-order valence-electron chi connectivity index (χ4n) is 1.69. The van der Waals surface area contributed by atoms with Crippen LogP contribution in [0.5, 0.6) is 0 Å². The summed E-state index contributed by atoms with van der Waals surface area (Å²) in [5.41, 5.74) is 6.43. The minimum atomic E-state index is 0.447. The van der Waals surface area contributed by atoms with Gasteiger partial charge in [0.1, 0.15) is 0 Å². The quantitative estimate of drug-likeness (QED) is 0.655. The zero-order valence-corrected chi connectivity index (χ0v) is 8.74. The van der Waals surface area contributed by atoms with Crippen LogP contribution in [0.2, 0.25) is 0 Å². The summed E-state index contributed by atoms with van der Waals surface area (Å²) in [6, 6.07) is 0.447. The molecule has 1 unspecified atom stereocenters. The largest absolute Gasteiger partial charge is 0.350 e. The molecule has 1 aromatic heterocycles. The van der Waals surface area contributed by atoms with Crippen molar-refractivity contribution < 1.29 is 0 Å². The van der Waals surface area contributed by atoms with Gasteiger partial charge in [0.05, 0.1) is 0 Å². The van der Waals surface area contributed by atoms with E-state index in [0.29, 0.717) is 18.5 Å². The van der Waals surface area contributed by atoms with E-state index in [1.807, 2.05) is 0 Å². The normalized spacial score (nSPS) is 21.3. The van der Waals surface area contributed by atoms with E-state index in [2.05, 4.69) is 20.6 Å². The molecule has 1 aliphatic rings. The van der Waals surface area contributed by atoms with Gasteiger partial charge < -0.3 is 16.4 Å². The van der Waals surface area contributed by atoms with Crippen LogP contribution in [-0.2, 0) is 6.54 Å². The molecular weight excluding hydrogens is 190 g/mol. The number of anilines is 1. The Kier molecular flexibility index (Phi) is 3.47. The fraction of sp³-hybridized carbons (Fsp3) is 0.600. The molecule has 0 saturated carbocycles. The van der Waals surface area contributed by atoms with E-state index in [1.54, 1.807) is 12.4 Å². The summed E-state index contributed by atoms with van der Waals surface area (Å²) in [6.45, 7) is 2.60. The first-order valence-electron chi connectivity index (χ1n) is 5.37. The maximum atomic E-state index is 5.47. The predicted octanol–water partition coefficient (Wildman–Crippen LogP) is 0.0992. The second kappa shape index (κ2) is 5.04. The van der Waals surface area contributed by atoms with Crippen molar-refractivity contribution in [2.24, 2.45) is 5.73 Å². The van der Waals surface area contributed by atoms with Gasteiger partial charge in [0.2, 0.25) is 5.95 Å². The summed E-state index contributed by atoms with van der Waals surface area (Å²) in [5.74, 6) is 0.695. The molecule has 0 aromatic carbocycles. The predicted molar refractivity (Wildman–Crippen MR) is 59.4 cm³/mol. The standard InChI is InChI=1S/C10H17N5/c11-4-8-5-13-10(14-6-8)15-9-2-1-3-12-7-9/h5-6,9,12H,1-4,7,11H2,(H,13,14,15). The Morgan fingerprint density at radius 1 is 1.47 bits per heavy atom. The fourth-order valence-corrected chi connectivity index (χ4v) is 1.69. The van der Waals surface area contributed by atoms with Crippen molar-refractivity contribution in [2.45, 2.75) is 25.4 Å². The van der Waals surface area contributed by atoms with E-state index in [0.717, 1.165) is 18.7 Å². The molecule has 82 valence electrons. The molecule has 2 heterocycles. The van der Waals surface area contributed by atoms with Gasteiger partial charge in [-0.2, -0.15) is 0 Å². The van der Waals surface area contributed by atoms with Gasteiger partial charge in [0.15, 0.2) is 0 Å². The first kappa shape index (κ1) is 10.3. The van der Waals surface area contributed by atoms with Crippen molar-refractivity contribution in [1.29, 1.82) is 0 Å². The van der Waals surface area contributed by atoms with Crippen molar-refractivity contribution in [1.82, 2.24) is 15.3 Å². The van der Waals surface area contributed by atoms with Crippen molar-refractivity contribution in [2.75, 3.05) is 18.4 Å². The van der Waals surface area contributed by atoms with Crippen LogP contribution >= 0.6 is 0 Å². The summed E-state index contributed by atoms with van der Waals surface area (Å²) >= 11 is 0. The third-order valence-electron chi connectivity index (χ3n) is 2.57. The molecule has 1 saturated heterocycles. The van der Waals surface area contributed by atoms with Crippen molar-refractivity contribution in [3.05, 3.63) is 18.0 Å². The zero-order chi connectivity index (χ0) is 10.5. The van der Waals surface area contributed by atoms with Gasteiger partial charge in [-0.15, -0.1) is 0 Å². The van der Waals surface area contributed by atoms with Gasteiger partial charge in [-0.1, -0.05) is 0 Å². The van der Waals surface area contributed by atoms with E-state index in [-0.39, 0.29) is 0 Å². The van der Waals surface area contributed by atoms with Crippen LogP contribution in [-0.4, -0.2) is 29.1 Å². The van der Waals surface area contributed by atoms with Gasteiger partial charge in [0, 0.05) is 37.1 Å². The number of hydrogen-bond donors (Lipinski definition) is 3. The molecule has 0 bridgehead atoms. The monoisotopic (exact) mass is 207 g/mol. The van der Waals surface area contributed by atoms with Crippen LogP contribution in [0.15, 0.2) is 12.4 Å². The second-order valence-corrected chi connectivity index (χ2v) is 3.81. The summed E-state index contributed by atoms with van der Waals surface area (Å²) in [4.78, 5) is 8.43. The van der Waals surface area contributed by atoms with Crippen LogP contribution in [0.25, 0.3) is 0 Å². The van der Waals surface area contributed by atoms with E-state index in [4.69, 9.17) is 5.73 Å². The third-order valence-corrected chi connectivity index (χ3v) is 2.57. The average molecular weight is 207 g/mol. The Morgan fingerprint density at radius 3 is 2.87 bits per heavy atom. The summed E-state index contributed by atoms with van der Waals surface area (Å²) in [5, 5.41) is 6.65. The SMILES string of the molecule is NCc1cnc(NC2CCCNC2)nc1. The van der Waals surface area contributed by atoms with Crippen LogP contribution < -0.4 is 16.4 Å². The molecule has 1 aromatic rings. The van der Waals surface area contributed by atoms with Crippen molar-refractivity contribution in [3.8, 4) is 0 Å². The Balaban J connectivity index is 1.91. The number of nitrogens with two attached hydrogens (primary N) is 1. The molecule has 4 N–H and O–H groups in total. The number of aromatic nitrogens is 2. The molecule has 1 aliphatic heterocycles. The summed E-state index contributed by atoms with van der Waals surface area (Å²) in [6.07, 6.45) is 5.92. The molecule has 5 heteroatoms. The Morgan fingerprint density at radius 2 is 2.27 bits per heavy atom. The van der Waals surface area contributed by atoms with E-state index >= 15 is 0 Å². The van der Waals surface area contributed by atoms with Gasteiger partial charge >= 0.3 is 0 Å². The third kappa shape index (κ3) is 2.87. The molecule has 1 atom stereocenters. The maximum absolute atomic E-state index is 5.47. The summed E-state index contributed by atoms with van der Waals surface area (Å²) in [7, 11) is 0. The smallest absolute Gasteiger partial charge is 0.222 e. The topological polar surface area (TPSA) is 75.9 Å². The molecule has 0 radical (unpaired) electrons. The summed E-state index contributed by atoms with van der Waals surface area (Å²) < 4.78 is 0. The van der Waals surface area contributed by atoms with Crippen molar-refractivity contribution in [3.63, 3.8) is 0 Å². The lowest BCUT2D eigenvalue weighted by atomic mass is 10.1. The average Bonchev–Trinajstić information content (AvgIpc) is 2.31. The minimum absolute atomic E-state index is 0.447. The van der Waals surface area contributed by atoms with Gasteiger partial charge in [-0.25, -0.2) is 9.97 Å². The highest BCUT2D eigenvalue weighted by Gasteiger charge is 2.12. The highest BCUT2D eigenvalue weighted by Crippen LogP contribution is 2.07. The number of nitrogens with one attached hydrogen (secondary N) is 2. The highest BCUT2D eigenvalue weighted by atomic mass is 15.1. The zero-order valence-electron chi connectivity index (χ0n) is 8.74. The molecule has 2 rings (SSSR count).